The van der Waals surface area contributed by atoms with E-state index < -0.39 is 5.97 Å². The van der Waals surface area contributed by atoms with Crippen molar-refractivity contribution in [1.29, 1.82) is 0 Å². The second kappa shape index (κ2) is 21.2. The van der Waals surface area contributed by atoms with E-state index >= 15 is 0 Å². The van der Waals surface area contributed by atoms with Crippen molar-refractivity contribution in [1.82, 2.24) is 0 Å². The van der Waals surface area contributed by atoms with E-state index in [4.69, 9.17) is 5.11 Å². The minimum absolute atomic E-state index is 0.345. The molecule has 0 saturated carbocycles. The lowest BCUT2D eigenvalue weighted by molar-refractivity contribution is -0.137. The molecule has 1 rings (SSSR count). The molecule has 0 atom stereocenters. The quantitative estimate of drug-likeness (QED) is 0.299. The number of hydrogen-bond donors (Lipinski definition) is 1. The molecule has 0 spiro atoms. The summed E-state index contributed by atoms with van der Waals surface area (Å²) in [7, 11) is 0. The molecule has 1 heterocycles. The van der Waals surface area contributed by atoms with E-state index in [0.717, 1.165) is 19.4 Å². The third-order valence-electron chi connectivity index (χ3n) is 4.74. The van der Waals surface area contributed by atoms with Crippen LogP contribution in [0.4, 0.5) is 0 Å². The van der Waals surface area contributed by atoms with Gasteiger partial charge in [0.1, 0.15) is 0 Å². The van der Waals surface area contributed by atoms with Crippen LogP contribution in [0.25, 0.3) is 0 Å². The van der Waals surface area contributed by atoms with E-state index in [0.29, 0.717) is 6.42 Å². The summed E-state index contributed by atoms with van der Waals surface area (Å²) >= 11 is 0. The number of nitrogens with zero attached hydrogens (tertiary/aromatic N) is 1. The van der Waals surface area contributed by atoms with Crippen LogP contribution in [0.15, 0.2) is 4.99 Å². The molecule has 0 aromatic rings. The minimum Gasteiger partial charge on any atom is -0.481 e. The zero-order chi connectivity index (χ0) is 18.4. The monoisotopic (exact) mass is 353 g/mol. The highest BCUT2D eigenvalue weighted by Gasteiger charge is 1.97. The van der Waals surface area contributed by atoms with Gasteiger partial charge in [-0.15, -0.1) is 0 Å². The van der Waals surface area contributed by atoms with Crippen LogP contribution in [-0.4, -0.2) is 23.8 Å². The highest BCUT2D eigenvalue weighted by Crippen LogP contribution is 2.13. The van der Waals surface area contributed by atoms with E-state index in [-0.39, 0.29) is 0 Å². The molecule has 0 aliphatic carbocycles. The van der Waals surface area contributed by atoms with E-state index in [1.165, 1.54) is 96.3 Å². The average molecular weight is 354 g/mol. The maximum absolute atomic E-state index is 10.3. The van der Waals surface area contributed by atoms with Gasteiger partial charge in [-0.3, -0.25) is 9.79 Å². The van der Waals surface area contributed by atoms with Crippen molar-refractivity contribution in [2.75, 3.05) is 6.54 Å². The fraction of sp³-hybridized carbons (Fsp3) is 0.909. The van der Waals surface area contributed by atoms with Crippen LogP contribution in [0.5, 0.6) is 0 Å². The van der Waals surface area contributed by atoms with Gasteiger partial charge in [0.15, 0.2) is 0 Å². The van der Waals surface area contributed by atoms with E-state index in [1.54, 1.807) is 0 Å². The molecule has 25 heavy (non-hydrogen) atoms. The Bertz CT molecular complexity index is 296. The van der Waals surface area contributed by atoms with Crippen molar-refractivity contribution in [3.05, 3.63) is 0 Å². The number of carbonyl (C=O) groups is 1. The van der Waals surface area contributed by atoms with E-state index in [1.807, 2.05) is 6.21 Å². The molecular weight excluding hydrogens is 310 g/mol. The largest absolute Gasteiger partial charge is 0.481 e. The van der Waals surface area contributed by atoms with Gasteiger partial charge in [-0.1, -0.05) is 96.8 Å². The molecule has 0 fully saturated rings. The highest BCUT2D eigenvalue weighted by atomic mass is 16.4. The van der Waals surface area contributed by atoms with Crippen LogP contribution < -0.4 is 0 Å². The number of unbranched alkanes of at least 4 members (excludes halogenated alkanes) is 14. The maximum Gasteiger partial charge on any atom is 0.303 e. The fourth-order valence-electron chi connectivity index (χ4n) is 3.10. The zero-order valence-electron chi connectivity index (χ0n) is 16.8. The third-order valence-corrected chi connectivity index (χ3v) is 4.74. The fourth-order valence-corrected chi connectivity index (χ4v) is 3.10. The van der Waals surface area contributed by atoms with Crippen molar-refractivity contribution in [3.63, 3.8) is 0 Å². The second-order valence-corrected chi connectivity index (χ2v) is 7.32. The van der Waals surface area contributed by atoms with Crippen molar-refractivity contribution in [3.8, 4) is 0 Å². The standard InChI is InChI=1S/C18H36O2.C4H7N/c1-2-3-4-5-6-7-8-9-10-11-12-13-14-15-16-17-18(19)20;1-2-4-5-3-1/h2-17H2,1H3,(H,19,20);3H,1-2,4H2. The summed E-state index contributed by atoms with van der Waals surface area (Å²) in [5, 5.41) is 8.52. The van der Waals surface area contributed by atoms with Gasteiger partial charge >= 0.3 is 5.97 Å². The Balaban J connectivity index is 0.000000972. The summed E-state index contributed by atoms with van der Waals surface area (Å²) in [6.07, 6.45) is 24.7. The molecule has 0 unspecified atom stereocenters. The maximum atomic E-state index is 10.3. The van der Waals surface area contributed by atoms with Gasteiger partial charge in [0.2, 0.25) is 0 Å². The summed E-state index contributed by atoms with van der Waals surface area (Å²) in [4.78, 5) is 14.3. The summed E-state index contributed by atoms with van der Waals surface area (Å²) < 4.78 is 0. The molecule has 3 heteroatoms. The molecule has 0 radical (unpaired) electrons. The Morgan fingerprint density at radius 3 is 1.52 bits per heavy atom. The lowest BCUT2D eigenvalue weighted by atomic mass is 10.0. The summed E-state index contributed by atoms with van der Waals surface area (Å²) in [5.74, 6) is -0.653. The van der Waals surface area contributed by atoms with E-state index in [2.05, 4.69) is 11.9 Å². The Morgan fingerprint density at radius 1 is 0.800 bits per heavy atom. The molecule has 0 bridgehead atoms. The lowest BCUT2D eigenvalue weighted by Gasteiger charge is -2.03. The Hall–Kier alpha value is -0.860. The topological polar surface area (TPSA) is 49.7 Å². The molecular formula is C22H43NO2. The van der Waals surface area contributed by atoms with Gasteiger partial charge in [-0.05, 0) is 25.5 Å². The molecule has 1 aliphatic rings. The van der Waals surface area contributed by atoms with Crippen LogP contribution in [0.1, 0.15) is 122 Å². The van der Waals surface area contributed by atoms with Crippen LogP contribution in [0.2, 0.25) is 0 Å². The van der Waals surface area contributed by atoms with Gasteiger partial charge in [0, 0.05) is 13.0 Å². The van der Waals surface area contributed by atoms with Gasteiger partial charge in [0.05, 0.1) is 0 Å². The number of aliphatic carboxylic acids is 1. The lowest BCUT2D eigenvalue weighted by Crippen LogP contribution is -1.93. The van der Waals surface area contributed by atoms with Crippen LogP contribution >= 0.6 is 0 Å². The van der Waals surface area contributed by atoms with Crippen molar-refractivity contribution in [2.24, 2.45) is 4.99 Å². The second-order valence-electron chi connectivity index (χ2n) is 7.32. The van der Waals surface area contributed by atoms with Crippen LogP contribution in [-0.2, 0) is 4.79 Å². The first-order valence-electron chi connectivity index (χ1n) is 11.0. The molecule has 0 saturated heterocycles. The predicted molar refractivity (Wildman–Crippen MR) is 110 cm³/mol. The minimum atomic E-state index is -0.653. The molecule has 148 valence electrons. The SMILES string of the molecule is C1=NCCC1.CCCCCCCCCCCCCCCCCC(=O)O. The highest BCUT2D eigenvalue weighted by molar-refractivity contribution is 5.66. The molecule has 3 nitrogen and oxygen atoms in total. The first-order valence-corrected chi connectivity index (χ1v) is 11.0. The van der Waals surface area contributed by atoms with Crippen molar-refractivity contribution >= 4 is 12.2 Å². The Morgan fingerprint density at radius 2 is 1.24 bits per heavy atom. The van der Waals surface area contributed by atoms with E-state index in [9.17, 15) is 4.79 Å². The Kier molecular flexibility index (Phi) is 20.5. The number of hydrogen-bond acceptors (Lipinski definition) is 2. The number of rotatable bonds is 16. The predicted octanol–water partition coefficient (Wildman–Crippen LogP) is 7.18. The zero-order valence-corrected chi connectivity index (χ0v) is 16.8. The van der Waals surface area contributed by atoms with Crippen molar-refractivity contribution in [2.45, 2.75) is 122 Å². The number of aliphatic imine (C=N–C) groups is 1. The first-order chi connectivity index (χ1) is 12.3. The van der Waals surface area contributed by atoms with Gasteiger partial charge in [-0.25, -0.2) is 0 Å². The summed E-state index contributed by atoms with van der Waals surface area (Å²) in [6, 6.07) is 0. The smallest absolute Gasteiger partial charge is 0.303 e. The molecule has 1 aliphatic heterocycles. The molecule has 1 N–H and O–H groups in total. The average Bonchev–Trinajstić information content (AvgIpc) is 3.18. The summed E-state index contributed by atoms with van der Waals surface area (Å²) in [5.41, 5.74) is 0. The number of carboxylic acids is 1. The Labute approximate surface area is 156 Å². The number of carboxylic acid groups (broad SMARTS) is 1. The van der Waals surface area contributed by atoms with Crippen molar-refractivity contribution < 1.29 is 9.90 Å². The van der Waals surface area contributed by atoms with Gasteiger partial charge in [-0.2, -0.15) is 0 Å². The van der Waals surface area contributed by atoms with Gasteiger partial charge < -0.3 is 5.11 Å². The van der Waals surface area contributed by atoms with Gasteiger partial charge in [0.25, 0.3) is 0 Å². The first kappa shape index (κ1) is 24.1. The summed E-state index contributed by atoms with van der Waals surface area (Å²) in [6.45, 7) is 3.34. The third kappa shape index (κ3) is 23.1. The van der Waals surface area contributed by atoms with Crippen LogP contribution in [0, 0.1) is 0 Å². The molecule has 0 aromatic carbocycles. The molecule has 0 amide bonds. The normalized spacial score (nSPS) is 12.8. The molecule has 0 aromatic heterocycles. The van der Waals surface area contributed by atoms with Crippen LogP contribution in [0.3, 0.4) is 0 Å².